The molecule has 0 bridgehead atoms. The molecule has 0 spiro atoms. The van der Waals surface area contributed by atoms with E-state index >= 15 is 0 Å². The predicted molar refractivity (Wildman–Crippen MR) is 142 cm³/mol. The van der Waals surface area contributed by atoms with E-state index in [1.807, 2.05) is 60.7 Å². The van der Waals surface area contributed by atoms with Crippen LogP contribution in [0.25, 0.3) is 11.0 Å². The number of fused-ring (bicyclic) bond motifs is 1. The summed E-state index contributed by atoms with van der Waals surface area (Å²) in [6.45, 7) is 7.18. The first kappa shape index (κ1) is 24.0. The summed E-state index contributed by atoms with van der Waals surface area (Å²) in [5.74, 6) is 0.0298. The number of rotatable bonds is 7. The fraction of sp³-hybridized carbons (Fsp3) is 0.222. The number of carbonyl (C=O) groups excluding carboxylic acids is 1. The number of nitrogens with one attached hydrogen (secondary N) is 1. The molecule has 0 atom stereocenters. The van der Waals surface area contributed by atoms with E-state index in [4.69, 9.17) is 16.6 Å². The number of thioether (sulfide) groups is 1. The highest BCUT2D eigenvalue weighted by Gasteiger charge is 2.14. The van der Waals surface area contributed by atoms with Crippen LogP contribution >= 0.6 is 23.4 Å². The second-order valence-electron chi connectivity index (χ2n) is 9.05. The number of para-hydroxylation sites is 2. The SMILES string of the molecule is CC(C)(C)c1ccc(C=NNC(=O)CSc2nc3ccccc3n2Cc2ccc(Cl)cc2)cc1. The average molecular weight is 491 g/mol. The number of nitrogens with zero attached hydrogens (tertiary/aromatic N) is 3. The van der Waals surface area contributed by atoms with E-state index in [-0.39, 0.29) is 17.1 Å². The number of hydrogen-bond donors (Lipinski definition) is 1. The van der Waals surface area contributed by atoms with E-state index < -0.39 is 0 Å². The third-order valence-corrected chi connectivity index (χ3v) is 6.61. The molecule has 0 aliphatic rings. The van der Waals surface area contributed by atoms with Gasteiger partial charge in [-0.25, -0.2) is 10.4 Å². The third kappa shape index (κ3) is 6.07. The minimum absolute atomic E-state index is 0.102. The lowest BCUT2D eigenvalue weighted by molar-refractivity contribution is -0.118. The van der Waals surface area contributed by atoms with Gasteiger partial charge in [-0.15, -0.1) is 0 Å². The molecule has 3 aromatic carbocycles. The van der Waals surface area contributed by atoms with Crippen molar-refractivity contribution in [3.05, 3.63) is 94.5 Å². The van der Waals surface area contributed by atoms with E-state index in [1.54, 1.807) is 6.21 Å². The molecule has 0 aliphatic carbocycles. The summed E-state index contributed by atoms with van der Waals surface area (Å²) in [5.41, 5.74) is 7.94. The number of imidazole rings is 1. The van der Waals surface area contributed by atoms with Crippen LogP contribution in [0.2, 0.25) is 5.02 Å². The quantitative estimate of drug-likeness (QED) is 0.188. The van der Waals surface area contributed by atoms with Crippen molar-refractivity contribution in [1.29, 1.82) is 0 Å². The topological polar surface area (TPSA) is 59.3 Å². The molecule has 7 heteroatoms. The van der Waals surface area contributed by atoms with Gasteiger partial charge >= 0.3 is 0 Å². The number of aromatic nitrogens is 2. The molecule has 34 heavy (non-hydrogen) atoms. The van der Waals surface area contributed by atoms with Crippen LogP contribution in [0.3, 0.4) is 0 Å². The molecule has 4 rings (SSSR count). The van der Waals surface area contributed by atoms with Gasteiger partial charge in [-0.1, -0.05) is 92.7 Å². The molecule has 0 saturated carbocycles. The Morgan fingerprint density at radius 3 is 2.47 bits per heavy atom. The van der Waals surface area contributed by atoms with Crippen LogP contribution in [0.15, 0.2) is 83.1 Å². The maximum Gasteiger partial charge on any atom is 0.250 e. The van der Waals surface area contributed by atoms with Crippen molar-refractivity contribution in [3.63, 3.8) is 0 Å². The third-order valence-electron chi connectivity index (χ3n) is 5.39. The minimum Gasteiger partial charge on any atom is -0.314 e. The first-order valence-electron chi connectivity index (χ1n) is 11.0. The van der Waals surface area contributed by atoms with Gasteiger partial charge in [-0.05, 0) is 46.4 Å². The molecule has 1 amide bonds. The van der Waals surface area contributed by atoms with Gasteiger partial charge in [0.25, 0.3) is 5.91 Å². The highest BCUT2D eigenvalue weighted by Crippen LogP contribution is 2.26. The number of carbonyl (C=O) groups is 1. The van der Waals surface area contributed by atoms with Gasteiger partial charge in [0.15, 0.2) is 5.16 Å². The largest absolute Gasteiger partial charge is 0.314 e. The molecule has 0 unspecified atom stereocenters. The number of amides is 1. The van der Waals surface area contributed by atoms with Crippen LogP contribution in [-0.2, 0) is 16.8 Å². The van der Waals surface area contributed by atoms with Crippen molar-refractivity contribution in [1.82, 2.24) is 15.0 Å². The van der Waals surface area contributed by atoms with E-state index in [1.165, 1.54) is 17.3 Å². The molecule has 0 radical (unpaired) electrons. The van der Waals surface area contributed by atoms with Gasteiger partial charge in [0.05, 0.1) is 29.5 Å². The second-order valence-corrected chi connectivity index (χ2v) is 10.4. The van der Waals surface area contributed by atoms with Gasteiger partial charge < -0.3 is 4.57 Å². The fourth-order valence-corrected chi connectivity index (χ4v) is 4.43. The zero-order chi connectivity index (χ0) is 24.1. The van der Waals surface area contributed by atoms with Gasteiger partial charge in [0.1, 0.15) is 0 Å². The smallest absolute Gasteiger partial charge is 0.250 e. The summed E-state index contributed by atoms with van der Waals surface area (Å²) in [4.78, 5) is 17.2. The van der Waals surface area contributed by atoms with Crippen LogP contribution < -0.4 is 5.43 Å². The molecule has 1 aromatic heterocycles. The highest BCUT2D eigenvalue weighted by molar-refractivity contribution is 7.99. The highest BCUT2D eigenvalue weighted by atomic mass is 35.5. The number of halogens is 1. The monoisotopic (exact) mass is 490 g/mol. The minimum atomic E-state index is -0.183. The molecule has 0 fully saturated rings. The van der Waals surface area contributed by atoms with Crippen molar-refractivity contribution in [2.75, 3.05) is 5.75 Å². The van der Waals surface area contributed by atoms with Crippen molar-refractivity contribution < 1.29 is 4.79 Å². The van der Waals surface area contributed by atoms with Crippen LogP contribution in [0.4, 0.5) is 0 Å². The average Bonchev–Trinajstić information content (AvgIpc) is 3.16. The first-order chi connectivity index (χ1) is 16.3. The molecule has 0 saturated heterocycles. The normalized spacial score (nSPS) is 11.9. The first-order valence-corrected chi connectivity index (χ1v) is 12.4. The second kappa shape index (κ2) is 10.5. The molecular formula is C27H27ClN4OS. The zero-order valence-corrected chi connectivity index (χ0v) is 21.0. The summed E-state index contributed by atoms with van der Waals surface area (Å²) in [7, 11) is 0. The van der Waals surface area contributed by atoms with Crippen molar-refractivity contribution in [3.8, 4) is 0 Å². The van der Waals surface area contributed by atoms with Crippen LogP contribution in [0.5, 0.6) is 0 Å². The Kier molecular flexibility index (Phi) is 7.39. The Bertz CT molecular complexity index is 1310. The van der Waals surface area contributed by atoms with E-state index in [2.05, 4.69) is 48.0 Å². The van der Waals surface area contributed by atoms with Gasteiger partial charge in [-0.3, -0.25) is 4.79 Å². The summed E-state index contributed by atoms with van der Waals surface area (Å²) in [6, 6.07) is 23.9. The Balaban J connectivity index is 1.40. The number of benzene rings is 3. The molecule has 1 N–H and O–H groups in total. The summed E-state index contributed by atoms with van der Waals surface area (Å²) in [5, 5.41) is 5.60. The number of hydrogen-bond acceptors (Lipinski definition) is 4. The summed E-state index contributed by atoms with van der Waals surface area (Å²) in [6.07, 6.45) is 1.66. The van der Waals surface area contributed by atoms with E-state index in [0.717, 1.165) is 27.3 Å². The number of hydrazone groups is 1. The Labute approximate surface area is 209 Å². The summed E-state index contributed by atoms with van der Waals surface area (Å²) >= 11 is 7.42. The lowest BCUT2D eigenvalue weighted by atomic mass is 9.87. The molecule has 0 aliphatic heterocycles. The lowest BCUT2D eigenvalue weighted by Crippen LogP contribution is -2.20. The maximum absolute atomic E-state index is 12.4. The molecule has 174 valence electrons. The van der Waals surface area contributed by atoms with E-state index in [9.17, 15) is 4.79 Å². The van der Waals surface area contributed by atoms with Gasteiger partial charge in [-0.2, -0.15) is 5.10 Å². The fourth-order valence-electron chi connectivity index (χ4n) is 3.50. The Morgan fingerprint density at radius 2 is 1.76 bits per heavy atom. The van der Waals surface area contributed by atoms with Gasteiger partial charge in [0, 0.05) is 5.02 Å². The van der Waals surface area contributed by atoms with Gasteiger partial charge in [0.2, 0.25) is 0 Å². The lowest BCUT2D eigenvalue weighted by Gasteiger charge is -2.18. The van der Waals surface area contributed by atoms with Crippen molar-refractivity contribution in [2.24, 2.45) is 5.10 Å². The van der Waals surface area contributed by atoms with E-state index in [0.29, 0.717) is 11.6 Å². The standard InChI is InChI=1S/C27H27ClN4OS/c1-27(2,3)21-12-8-19(9-13-21)16-29-31-25(33)18-34-26-30-23-6-4-5-7-24(23)32(26)17-20-10-14-22(28)15-11-20/h4-16H,17-18H2,1-3H3,(H,31,33). The van der Waals surface area contributed by atoms with Crippen LogP contribution in [-0.4, -0.2) is 27.4 Å². The predicted octanol–water partition coefficient (Wildman–Crippen LogP) is 6.28. The maximum atomic E-state index is 12.4. The molecule has 4 aromatic rings. The molecule has 5 nitrogen and oxygen atoms in total. The van der Waals surface area contributed by atoms with Crippen LogP contribution in [0, 0.1) is 0 Å². The Morgan fingerprint density at radius 1 is 1.06 bits per heavy atom. The molecule has 1 heterocycles. The van der Waals surface area contributed by atoms with Crippen molar-refractivity contribution in [2.45, 2.75) is 37.9 Å². The zero-order valence-electron chi connectivity index (χ0n) is 19.5. The Hall–Kier alpha value is -3.09. The summed E-state index contributed by atoms with van der Waals surface area (Å²) < 4.78 is 2.12. The van der Waals surface area contributed by atoms with Crippen LogP contribution in [0.1, 0.15) is 37.5 Å². The van der Waals surface area contributed by atoms with Crippen molar-refractivity contribution >= 4 is 46.5 Å². The molecular weight excluding hydrogens is 464 g/mol.